The lowest BCUT2D eigenvalue weighted by Crippen LogP contribution is -2.45. The molecule has 3 heterocycles. The molecule has 2 aliphatic heterocycles. The van der Waals surface area contributed by atoms with Crippen LogP contribution in [0.5, 0.6) is 0 Å². The summed E-state index contributed by atoms with van der Waals surface area (Å²) < 4.78 is 7.41. The van der Waals surface area contributed by atoms with Crippen LogP contribution in [0, 0.1) is 5.92 Å². The van der Waals surface area contributed by atoms with E-state index in [1.54, 1.807) is 0 Å². The molecule has 1 aromatic heterocycles. The van der Waals surface area contributed by atoms with Gasteiger partial charge in [-0.25, -0.2) is 4.98 Å². The van der Waals surface area contributed by atoms with Crippen LogP contribution in [0.15, 0.2) is 6.20 Å². The summed E-state index contributed by atoms with van der Waals surface area (Å²) >= 11 is 0. The Bertz CT molecular complexity index is 661. The van der Waals surface area contributed by atoms with Crippen molar-refractivity contribution in [3.8, 4) is 0 Å². The summed E-state index contributed by atoms with van der Waals surface area (Å²) in [5.74, 6) is 1.50. The number of carbonyl (C=O) groups excluding carboxylic acids is 2. The summed E-state index contributed by atoms with van der Waals surface area (Å²) in [5.41, 5.74) is 0.802. The maximum atomic E-state index is 12.6. The van der Waals surface area contributed by atoms with Crippen molar-refractivity contribution in [2.45, 2.75) is 45.2 Å². The zero-order valence-electron chi connectivity index (χ0n) is 14.8. The van der Waals surface area contributed by atoms with Crippen molar-refractivity contribution < 1.29 is 14.3 Å². The van der Waals surface area contributed by atoms with E-state index < -0.39 is 0 Å². The fraction of sp³-hybridized carbons (Fsp3) is 0.722. The highest BCUT2D eigenvalue weighted by Gasteiger charge is 2.35. The molecular formula is C18H26N4O3. The van der Waals surface area contributed by atoms with Crippen LogP contribution in [0.25, 0.3) is 0 Å². The van der Waals surface area contributed by atoms with Gasteiger partial charge in [0, 0.05) is 38.3 Å². The fourth-order valence-electron chi connectivity index (χ4n) is 3.90. The first-order valence-corrected chi connectivity index (χ1v) is 9.35. The predicted octanol–water partition coefficient (Wildman–Crippen LogP) is 0.988. The average Bonchev–Trinajstić information content (AvgIpc) is 2.97. The smallest absolute Gasteiger partial charge is 0.228 e. The van der Waals surface area contributed by atoms with Crippen molar-refractivity contribution in [3.63, 3.8) is 0 Å². The summed E-state index contributed by atoms with van der Waals surface area (Å²) in [5, 5.41) is 0. The van der Waals surface area contributed by atoms with Gasteiger partial charge >= 0.3 is 0 Å². The van der Waals surface area contributed by atoms with Gasteiger partial charge in [0.25, 0.3) is 0 Å². The number of hydrogen-bond donors (Lipinski definition) is 0. The van der Waals surface area contributed by atoms with E-state index in [1.807, 2.05) is 22.9 Å². The molecule has 25 heavy (non-hydrogen) atoms. The molecule has 0 aromatic carbocycles. The lowest BCUT2D eigenvalue weighted by atomic mass is 9.84. The Morgan fingerprint density at radius 2 is 1.96 bits per heavy atom. The van der Waals surface area contributed by atoms with Crippen LogP contribution in [0.2, 0.25) is 0 Å². The van der Waals surface area contributed by atoms with Crippen LogP contribution in [0.4, 0.5) is 0 Å². The van der Waals surface area contributed by atoms with Gasteiger partial charge in [-0.2, -0.15) is 0 Å². The molecule has 7 heteroatoms. The van der Waals surface area contributed by atoms with Gasteiger partial charge < -0.3 is 19.1 Å². The first-order valence-electron chi connectivity index (χ1n) is 9.35. The van der Waals surface area contributed by atoms with Crippen LogP contribution >= 0.6 is 0 Å². The zero-order chi connectivity index (χ0) is 17.4. The normalized spacial score (nSPS) is 24.0. The topological polar surface area (TPSA) is 67.7 Å². The van der Waals surface area contributed by atoms with E-state index in [9.17, 15) is 9.59 Å². The van der Waals surface area contributed by atoms with Crippen molar-refractivity contribution in [2.75, 3.05) is 32.8 Å². The molecule has 3 aliphatic rings. The number of nitrogens with zero attached hydrogens (tertiary/aromatic N) is 4. The molecule has 136 valence electrons. The Hall–Kier alpha value is -1.89. The SMILES string of the molecule is C[C@H]1c2nc(CC(=O)N3CCOCC3)cn2CCN1C(=O)C1CCC1. The number of rotatable bonds is 3. The third-order valence-corrected chi connectivity index (χ3v) is 5.71. The molecule has 0 radical (unpaired) electrons. The summed E-state index contributed by atoms with van der Waals surface area (Å²) in [6.07, 6.45) is 5.52. The van der Waals surface area contributed by atoms with Gasteiger partial charge in [-0.1, -0.05) is 6.42 Å². The highest BCUT2D eigenvalue weighted by Crippen LogP contribution is 2.33. The summed E-state index contributed by atoms with van der Waals surface area (Å²) in [4.78, 5) is 33.5. The molecule has 1 saturated carbocycles. The van der Waals surface area contributed by atoms with E-state index in [-0.39, 0.29) is 23.8 Å². The number of amides is 2. The van der Waals surface area contributed by atoms with Crippen molar-refractivity contribution in [3.05, 3.63) is 17.7 Å². The fourth-order valence-corrected chi connectivity index (χ4v) is 3.90. The molecule has 4 rings (SSSR count). The summed E-state index contributed by atoms with van der Waals surface area (Å²) in [6, 6.07) is -0.0194. The molecule has 1 atom stereocenters. The second kappa shape index (κ2) is 6.78. The molecule has 1 saturated heterocycles. The maximum Gasteiger partial charge on any atom is 0.228 e. The van der Waals surface area contributed by atoms with Gasteiger partial charge in [0.05, 0.1) is 31.4 Å². The quantitative estimate of drug-likeness (QED) is 0.818. The zero-order valence-corrected chi connectivity index (χ0v) is 14.8. The van der Waals surface area contributed by atoms with Crippen LogP contribution in [0.3, 0.4) is 0 Å². The molecule has 0 bridgehead atoms. The van der Waals surface area contributed by atoms with E-state index in [1.165, 1.54) is 6.42 Å². The Morgan fingerprint density at radius 1 is 1.20 bits per heavy atom. The average molecular weight is 346 g/mol. The van der Waals surface area contributed by atoms with Gasteiger partial charge in [0.2, 0.25) is 11.8 Å². The van der Waals surface area contributed by atoms with Crippen LogP contribution in [-0.2, 0) is 27.3 Å². The minimum absolute atomic E-state index is 0.0194. The Labute approximate surface area is 147 Å². The third-order valence-electron chi connectivity index (χ3n) is 5.71. The number of hydrogen-bond acceptors (Lipinski definition) is 4. The first-order chi connectivity index (χ1) is 12.1. The molecule has 2 fully saturated rings. The highest BCUT2D eigenvalue weighted by molar-refractivity contribution is 5.80. The van der Waals surface area contributed by atoms with E-state index in [0.717, 1.165) is 37.4 Å². The van der Waals surface area contributed by atoms with Gasteiger partial charge in [-0.3, -0.25) is 9.59 Å². The van der Waals surface area contributed by atoms with Crippen molar-refractivity contribution in [2.24, 2.45) is 5.92 Å². The molecule has 0 unspecified atom stereocenters. The van der Waals surface area contributed by atoms with Gasteiger partial charge in [-0.05, 0) is 19.8 Å². The van der Waals surface area contributed by atoms with Crippen molar-refractivity contribution >= 4 is 11.8 Å². The van der Waals surface area contributed by atoms with Crippen LogP contribution in [-0.4, -0.2) is 64.0 Å². The van der Waals surface area contributed by atoms with Crippen molar-refractivity contribution in [1.82, 2.24) is 19.4 Å². The molecule has 0 spiro atoms. The molecule has 1 aromatic rings. The molecule has 1 aliphatic carbocycles. The number of aromatic nitrogens is 2. The maximum absolute atomic E-state index is 12.6. The van der Waals surface area contributed by atoms with E-state index in [2.05, 4.69) is 4.57 Å². The Morgan fingerprint density at radius 3 is 2.64 bits per heavy atom. The molecular weight excluding hydrogens is 320 g/mol. The van der Waals surface area contributed by atoms with Crippen LogP contribution < -0.4 is 0 Å². The number of morpholine rings is 1. The minimum atomic E-state index is -0.0194. The van der Waals surface area contributed by atoms with E-state index >= 15 is 0 Å². The monoisotopic (exact) mass is 346 g/mol. The summed E-state index contributed by atoms with van der Waals surface area (Å²) in [6.45, 7) is 6.08. The Kier molecular flexibility index (Phi) is 4.50. The van der Waals surface area contributed by atoms with Gasteiger partial charge in [0.1, 0.15) is 5.82 Å². The standard InChI is InChI=1S/C18H26N4O3/c1-13-17-19-15(11-16(23)20-7-9-25-10-8-20)12-21(17)5-6-22(13)18(24)14-3-2-4-14/h12-14H,2-11H2,1H3/t13-/m0/s1. The minimum Gasteiger partial charge on any atom is -0.378 e. The number of ether oxygens (including phenoxy) is 1. The van der Waals surface area contributed by atoms with E-state index in [4.69, 9.17) is 9.72 Å². The van der Waals surface area contributed by atoms with E-state index in [0.29, 0.717) is 32.7 Å². The van der Waals surface area contributed by atoms with Gasteiger partial charge in [-0.15, -0.1) is 0 Å². The number of fused-ring (bicyclic) bond motifs is 1. The lowest BCUT2D eigenvalue weighted by molar-refractivity contribution is -0.141. The number of carbonyl (C=O) groups is 2. The predicted molar refractivity (Wildman–Crippen MR) is 90.8 cm³/mol. The van der Waals surface area contributed by atoms with Crippen LogP contribution in [0.1, 0.15) is 43.7 Å². The second-order valence-electron chi connectivity index (χ2n) is 7.29. The van der Waals surface area contributed by atoms with Crippen molar-refractivity contribution in [1.29, 1.82) is 0 Å². The molecule has 7 nitrogen and oxygen atoms in total. The summed E-state index contributed by atoms with van der Waals surface area (Å²) in [7, 11) is 0. The molecule has 0 N–H and O–H groups in total. The largest absolute Gasteiger partial charge is 0.378 e. The second-order valence-corrected chi connectivity index (χ2v) is 7.29. The molecule has 2 amide bonds. The first kappa shape index (κ1) is 16.6. The Balaban J connectivity index is 1.44. The third kappa shape index (κ3) is 3.17. The van der Waals surface area contributed by atoms with Gasteiger partial charge in [0.15, 0.2) is 0 Å². The number of imidazole rings is 1. The highest BCUT2D eigenvalue weighted by atomic mass is 16.5. The lowest BCUT2D eigenvalue weighted by Gasteiger charge is -2.38.